The summed E-state index contributed by atoms with van der Waals surface area (Å²) < 4.78 is 0. The molecule has 0 radical (unpaired) electrons. The van der Waals surface area contributed by atoms with Gasteiger partial charge in [-0.15, -0.1) is 0 Å². The first-order valence-corrected chi connectivity index (χ1v) is 9.54. The molecular formula is C22H27N3O2. The second-order valence-electron chi connectivity index (χ2n) is 7.14. The van der Waals surface area contributed by atoms with E-state index in [2.05, 4.69) is 17.1 Å². The number of rotatable bonds is 6. The molecule has 0 spiro atoms. The fraction of sp³-hybridized carbons (Fsp3) is 0.409. The predicted molar refractivity (Wildman–Crippen MR) is 107 cm³/mol. The molecule has 0 aliphatic carbocycles. The van der Waals surface area contributed by atoms with Gasteiger partial charge in [0.15, 0.2) is 0 Å². The molecule has 5 nitrogen and oxygen atoms in total. The lowest BCUT2D eigenvalue weighted by Gasteiger charge is -2.40. The van der Waals surface area contributed by atoms with Crippen molar-refractivity contribution in [3.63, 3.8) is 0 Å². The number of amides is 2. The highest BCUT2D eigenvalue weighted by molar-refractivity contribution is 5.92. The standard InChI is InChI=1S/C22H27N3O2/c1-4-21(26)24(3)20-10-7-18(8-11-20)19-14-25(15-19)22(27)12-9-17-6-5-13-23-16(17)2/h5-8,10-11,13,19H,4,9,12,14-15H2,1-3H3. The first-order valence-electron chi connectivity index (χ1n) is 9.54. The molecule has 0 saturated carbocycles. The molecule has 1 aliphatic rings. The summed E-state index contributed by atoms with van der Waals surface area (Å²) >= 11 is 0. The van der Waals surface area contributed by atoms with Gasteiger partial charge in [0.05, 0.1) is 0 Å². The molecule has 1 fully saturated rings. The van der Waals surface area contributed by atoms with E-state index in [1.54, 1.807) is 18.1 Å². The number of aromatic nitrogens is 1. The zero-order valence-corrected chi connectivity index (χ0v) is 16.3. The van der Waals surface area contributed by atoms with Crippen molar-refractivity contribution in [3.8, 4) is 0 Å². The molecule has 3 rings (SSSR count). The number of aryl methyl sites for hydroxylation is 2. The van der Waals surface area contributed by atoms with E-state index < -0.39 is 0 Å². The lowest BCUT2D eigenvalue weighted by molar-refractivity contribution is -0.135. The SMILES string of the molecule is CCC(=O)N(C)c1ccc(C2CN(C(=O)CCc3cccnc3C)C2)cc1. The Morgan fingerprint density at radius 2 is 1.89 bits per heavy atom. The van der Waals surface area contributed by atoms with Crippen LogP contribution in [0.3, 0.4) is 0 Å². The fourth-order valence-corrected chi connectivity index (χ4v) is 3.43. The van der Waals surface area contributed by atoms with Crippen LogP contribution in [-0.4, -0.2) is 41.8 Å². The van der Waals surface area contributed by atoms with Gasteiger partial charge in [-0.3, -0.25) is 14.6 Å². The maximum Gasteiger partial charge on any atom is 0.226 e. The van der Waals surface area contributed by atoms with Crippen molar-refractivity contribution in [2.24, 2.45) is 0 Å². The summed E-state index contributed by atoms with van der Waals surface area (Å²) in [6.45, 7) is 5.39. The van der Waals surface area contributed by atoms with Crippen LogP contribution in [0.4, 0.5) is 5.69 Å². The quantitative estimate of drug-likeness (QED) is 0.789. The van der Waals surface area contributed by atoms with E-state index in [9.17, 15) is 9.59 Å². The van der Waals surface area contributed by atoms with Crippen molar-refractivity contribution in [1.29, 1.82) is 0 Å². The first-order chi connectivity index (χ1) is 13.0. The molecule has 0 bridgehead atoms. The van der Waals surface area contributed by atoms with Gasteiger partial charge in [0.1, 0.15) is 0 Å². The van der Waals surface area contributed by atoms with E-state index >= 15 is 0 Å². The number of hydrogen-bond donors (Lipinski definition) is 0. The molecule has 2 aromatic rings. The maximum atomic E-state index is 12.4. The third kappa shape index (κ3) is 4.35. The molecule has 0 N–H and O–H groups in total. The Hall–Kier alpha value is -2.69. The summed E-state index contributed by atoms with van der Waals surface area (Å²) in [6, 6.07) is 12.1. The van der Waals surface area contributed by atoms with Gasteiger partial charge in [0, 0.05) is 56.5 Å². The van der Waals surface area contributed by atoms with Gasteiger partial charge in [-0.1, -0.05) is 25.1 Å². The zero-order chi connectivity index (χ0) is 19.4. The van der Waals surface area contributed by atoms with E-state index in [0.29, 0.717) is 18.8 Å². The van der Waals surface area contributed by atoms with E-state index in [0.717, 1.165) is 36.5 Å². The van der Waals surface area contributed by atoms with Gasteiger partial charge in [0.2, 0.25) is 11.8 Å². The molecule has 2 heterocycles. The second-order valence-corrected chi connectivity index (χ2v) is 7.14. The molecule has 1 aromatic heterocycles. The number of carbonyl (C=O) groups excluding carboxylic acids is 2. The molecule has 142 valence electrons. The third-order valence-electron chi connectivity index (χ3n) is 5.39. The van der Waals surface area contributed by atoms with Gasteiger partial charge in [-0.25, -0.2) is 0 Å². The van der Waals surface area contributed by atoms with Crippen molar-refractivity contribution in [3.05, 3.63) is 59.4 Å². The van der Waals surface area contributed by atoms with Crippen LogP contribution in [0.1, 0.15) is 42.5 Å². The minimum absolute atomic E-state index is 0.104. The summed E-state index contributed by atoms with van der Waals surface area (Å²) in [5.74, 6) is 0.696. The Labute approximate surface area is 161 Å². The van der Waals surface area contributed by atoms with Gasteiger partial charge in [-0.2, -0.15) is 0 Å². The van der Waals surface area contributed by atoms with Crippen LogP contribution >= 0.6 is 0 Å². The normalized spacial score (nSPS) is 14.0. The molecule has 0 unspecified atom stereocenters. The van der Waals surface area contributed by atoms with Crippen LogP contribution in [0, 0.1) is 6.92 Å². The van der Waals surface area contributed by atoms with Crippen LogP contribution in [-0.2, 0) is 16.0 Å². The smallest absolute Gasteiger partial charge is 0.226 e. The fourth-order valence-electron chi connectivity index (χ4n) is 3.43. The number of hydrogen-bond acceptors (Lipinski definition) is 3. The monoisotopic (exact) mass is 365 g/mol. The van der Waals surface area contributed by atoms with Crippen molar-refractivity contribution in [2.45, 2.75) is 39.0 Å². The summed E-state index contributed by atoms with van der Waals surface area (Å²) in [4.78, 5) is 32.1. The van der Waals surface area contributed by atoms with Crippen molar-refractivity contribution in [2.75, 3.05) is 25.0 Å². The molecule has 1 aromatic carbocycles. The van der Waals surface area contributed by atoms with Crippen LogP contribution in [0.5, 0.6) is 0 Å². The second kappa shape index (κ2) is 8.33. The van der Waals surface area contributed by atoms with Crippen molar-refractivity contribution in [1.82, 2.24) is 9.88 Å². The summed E-state index contributed by atoms with van der Waals surface area (Å²) in [7, 11) is 1.80. The Kier molecular flexibility index (Phi) is 5.89. The number of benzene rings is 1. The van der Waals surface area contributed by atoms with Crippen molar-refractivity contribution >= 4 is 17.5 Å². The average molecular weight is 365 g/mol. The number of anilines is 1. The molecular weight excluding hydrogens is 338 g/mol. The van der Waals surface area contributed by atoms with Gasteiger partial charge in [-0.05, 0) is 42.7 Å². The molecule has 1 saturated heterocycles. The van der Waals surface area contributed by atoms with Crippen LogP contribution in [0.25, 0.3) is 0 Å². The van der Waals surface area contributed by atoms with E-state index in [-0.39, 0.29) is 11.8 Å². The lowest BCUT2D eigenvalue weighted by Crippen LogP contribution is -2.48. The van der Waals surface area contributed by atoms with Gasteiger partial charge >= 0.3 is 0 Å². The number of carbonyl (C=O) groups is 2. The summed E-state index contributed by atoms with van der Waals surface area (Å²) in [5, 5.41) is 0. The Bertz CT molecular complexity index is 811. The van der Waals surface area contributed by atoms with Crippen LogP contribution in [0.15, 0.2) is 42.6 Å². The third-order valence-corrected chi connectivity index (χ3v) is 5.39. The van der Waals surface area contributed by atoms with E-state index in [1.165, 1.54) is 5.56 Å². The summed E-state index contributed by atoms with van der Waals surface area (Å²) in [5.41, 5.74) is 4.27. The number of pyridine rings is 1. The largest absolute Gasteiger partial charge is 0.341 e. The molecule has 1 aliphatic heterocycles. The van der Waals surface area contributed by atoms with Gasteiger partial charge in [0.25, 0.3) is 0 Å². The predicted octanol–water partition coefficient (Wildman–Crippen LogP) is 3.32. The first kappa shape index (κ1) is 19.1. The van der Waals surface area contributed by atoms with Crippen LogP contribution < -0.4 is 4.90 Å². The van der Waals surface area contributed by atoms with E-state index in [4.69, 9.17) is 0 Å². The molecule has 2 amide bonds. The Morgan fingerprint density at radius 3 is 2.52 bits per heavy atom. The van der Waals surface area contributed by atoms with E-state index in [1.807, 2.05) is 43.0 Å². The molecule has 0 atom stereocenters. The number of likely N-dealkylation sites (tertiary alicyclic amines) is 1. The Morgan fingerprint density at radius 1 is 1.19 bits per heavy atom. The van der Waals surface area contributed by atoms with Crippen LogP contribution in [0.2, 0.25) is 0 Å². The minimum atomic E-state index is 0.104. The molecule has 27 heavy (non-hydrogen) atoms. The average Bonchev–Trinajstić information content (AvgIpc) is 2.65. The highest BCUT2D eigenvalue weighted by Gasteiger charge is 2.31. The number of nitrogens with zero attached hydrogens (tertiary/aromatic N) is 3. The molecule has 5 heteroatoms. The highest BCUT2D eigenvalue weighted by Crippen LogP contribution is 2.29. The Balaban J connectivity index is 1.49. The summed E-state index contributed by atoms with van der Waals surface area (Å²) in [6.07, 6.45) is 3.55. The van der Waals surface area contributed by atoms with Crippen molar-refractivity contribution < 1.29 is 9.59 Å². The zero-order valence-electron chi connectivity index (χ0n) is 16.3. The minimum Gasteiger partial charge on any atom is -0.341 e. The lowest BCUT2D eigenvalue weighted by atomic mass is 9.90. The van der Waals surface area contributed by atoms with Gasteiger partial charge < -0.3 is 9.80 Å². The highest BCUT2D eigenvalue weighted by atomic mass is 16.2. The topological polar surface area (TPSA) is 53.5 Å². The maximum absolute atomic E-state index is 12.4.